The third kappa shape index (κ3) is 14.2. The van der Waals surface area contributed by atoms with Crippen molar-refractivity contribution in [1.82, 2.24) is 0 Å². The molecule has 0 spiro atoms. The lowest BCUT2D eigenvalue weighted by atomic mass is 9.94. The topological polar surface area (TPSA) is 114 Å². The standard InChI is InChI=1S/C37H56O10/c1-36(2)44-32(19-30(15-17-38)42-26-40-24-28-11-7-5-8-12-28)21-34(46-36)23-35-22-33(45-37(3,4)47-35)20-31(16-18-39)43-27-41-25-29-13-9-6-10-14-29/h5-14,30-35,38-39H,15-27H2,1-4H3/t30-,31+,32+,33-,34-,35-/m0/s1. The van der Waals surface area contributed by atoms with E-state index >= 15 is 0 Å². The molecule has 47 heavy (non-hydrogen) atoms. The van der Waals surface area contributed by atoms with Gasteiger partial charge in [-0.2, -0.15) is 0 Å². The van der Waals surface area contributed by atoms with Gasteiger partial charge in [0, 0.05) is 45.3 Å². The lowest BCUT2D eigenvalue weighted by molar-refractivity contribution is -0.328. The van der Waals surface area contributed by atoms with Crippen LogP contribution in [0.1, 0.15) is 83.8 Å². The smallest absolute Gasteiger partial charge is 0.163 e. The van der Waals surface area contributed by atoms with Gasteiger partial charge in [-0.15, -0.1) is 0 Å². The second-order valence-corrected chi connectivity index (χ2v) is 13.4. The van der Waals surface area contributed by atoms with Crippen LogP contribution < -0.4 is 0 Å². The van der Waals surface area contributed by atoms with E-state index in [9.17, 15) is 10.2 Å². The maximum Gasteiger partial charge on any atom is 0.163 e. The highest BCUT2D eigenvalue weighted by Crippen LogP contribution is 2.36. The first-order valence-corrected chi connectivity index (χ1v) is 17.0. The fraction of sp³-hybridized carbons (Fsp3) is 0.676. The Hall–Kier alpha value is -1.96. The summed E-state index contributed by atoms with van der Waals surface area (Å²) in [5.74, 6) is -1.55. The Morgan fingerprint density at radius 1 is 0.617 bits per heavy atom. The summed E-state index contributed by atoms with van der Waals surface area (Å²) in [6, 6.07) is 19.9. The summed E-state index contributed by atoms with van der Waals surface area (Å²) in [5, 5.41) is 19.4. The Morgan fingerprint density at radius 3 is 1.38 bits per heavy atom. The Morgan fingerprint density at radius 2 is 1.00 bits per heavy atom. The summed E-state index contributed by atoms with van der Waals surface area (Å²) >= 11 is 0. The van der Waals surface area contributed by atoms with Crippen LogP contribution in [0.5, 0.6) is 0 Å². The molecule has 2 saturated heterocycles. The first-order chi connectivity index (χ1) is 22.6. The summed E-state index contributed by atoms with van der Waals surface area (Å²) in [6.07, 6.45) is 3.43. The average Bonchev–Trinajstić information content (AvgIpc) is 3.01. The van der Waals surface area contributed by atoms with E-state index in [2.05, 4.69) is 0 Å². The molecule has 0 aromatic heterocycles. The number of rotatable bonds is 20. The monoisotopic (exact) mass is 660 g/mol. The predicted octanol–water partition coefficient (Wildman–Crippen LogP) is 5.86. The van der Waals surface area contributed by atoms with Crippen molar-refractivity contribution in [3.63, 3.8) is 0 Å². The van der Waals surface area contributed by atoms with Crippen LogP contribution in [0.15, 0.2) is 60.7 Å². The molecule has 10 heteroatoms. The number of hydrogen-bond donors (Lipinski definition) is 2. The van der Waals surface area contributed by atoms with E-state index in [0.29, 0.717) is 58.2 Å². The van der Waals surface area contributed by atoms with Crippen molar-refractivity contribution >= 4 is 0 Å². The van der Waals surface area contributed by atoms with Gasteiger partial charge in [0.05, 0.1) is 49.8 Å². The largest absolute Gasteiger partial charge is 0.396 e. The van der Waals surface area contributed by atoms with Crippen LogP contribution in [0.3, 0.4) is 0 Å². The Bertz CT molecular complexity index is 1030. The molecule has 6 atom stereocenters. The van der Waals surface area contributed by atoms with Crippen molar-refractivity contribution in [2.45, 2.75) is 134 Å². The second-order valence-electron chi connectivity index (χ2n) is 13.4. The highest BCUT2D eigenvalue weighted by Gasteiger charge is 2.41. The molecule has 2 aliphatic rings. The lowest BCUT2D eigenvalue weighted by Crippen LogP contribution is -2.50. The fourth-order valence-electron chi connectivity index (χ4n) is 6.48. The summed E-state index contributed by atoms with van der Waals surface area (Å²) < 4.78 is 49.0. The van der Waals surface area contributed by atoms with E-state index < -0.39 is 11.6 Å². The summed E-state index contributed by atoms with van der Waals surface area (Å²) in [7, 11) is 0. The predicted molar refractivity (Wildman–Crippen MR) is 176 cm³/mol. The van der Waals surface area contributed by atoms with E-state index in [-0.39, 0.29) is 63.4 Å². The van der Waals surface area contributed by atoms with Gasteiger partial charge in [-0.3, -0.25) is 0 Å². The maximum atomic E-state index is 9.70. The van der Waals surface area contributed by atoms with Crippen LogP contribution >= 0.6 is 0 Å². The molecule has 2 fully saturated rings. The van der Waals surface area contributed by atoms with E-state index in [1.54, 1.807) is 0 Å². The number of aliphatic hydroxyl groups excluding tert-OH is 2. The molecule has 0 unspecified atom stereocenters. The fourth-order valence-corrected chi connectivity index (χ4v) is 6.48. The molecule has 10 nitrogen and oxygen atoms in total. The van der Waals surface area contributed by atoms with Gasteiger partial charge in [0.15, 0.2) is 11.6 Å². The van der Waals surface area contributed by atoms with Crippen molar-refractivity contribution in [1.29, 1.82) is 0 Å². The first-order valence-electron chi connectivity index (χ1n) is 17.0. The molecule has 0 aliphatic carbocycles. The Labute approximate surface area is 280 Å². The van der Waals surface area contributed by atoms with E-state index in [0.717, 1.165) is 11.1 Å². The van der Waals surface area contributed by atoms with Crippen LogP contribution in [0.2, 0.25) is 0 Å². The molecule has 2 aliphatic heterocycles. The third-order valence-electron chi connectivity index (χ3n) is 8.33. The summed E-state index contributed by atoms with van der Waals surface area (Å²) in [5.41, 5.74) is 2.16. The van der Waals surface area contributed by atoms with Crippen molar-refractivity contribution in [3.8, 4) is 0 Å². The molecule has 2 aromatic rings. The summed E-state index contributed by atoms with van der Waals surface area (Å²) in [4.78, 5) is 0. The van der Waals surface area contributed by atoms with Gasteiger partial charge in [0.1, 0.15) is 13.6 Å². The highest BCUT2D eigenvalue weighted by molar-refractivity contribution is 5.14. The lowest BCUT2D eigenvalue weighted by Gasteiger charge is -2.45. The number of ether oxygens (including phenoxy) is 8. The molecular weight excluding hydrogens is 604 g/mol. The third-order valence-corrected chi connectivity index (χ3v) is 8.33. The SMILES string of the molecule is CC1(C)O[C@H](C[C@@H]2C[C@H](C[C@@H](CCO)OCOCc3ccccc3)OC(C)(C)O2)C[C@@H](C[C@H](CCO)OCOCc2ccccc2)O1. The normalized spacial score (nSPS) is 25.3. The van der Waals surface area contributed by atoms with Gasteiger partial charge in [0.2, 0.25) is 0 Å². The Balaban J connectivity index is 1.27. The van der Waals surface area contributed by atoms with Crippen molar-refractivity contribution < 1.29 is 48.1 Å². The van der Waals surface area contributed by atoms with Gasteiger partial charge in [-0.05, 0) is 51.7 Å². The van der Waals surface area contributed by atoms with Crippen molar-refractivity contribution in [3.05, 3.63) is 71.8 Å². The molecule has 0 amide bonds. The van der Waals surface area contributed by atoms with Gasteiger partial charge in [-0.1, -0.05) is 60.7 Å². The average molecular weight is 661 g/mol. The highest BCUT2D eigenvalue weighted by atomic mass is 16.7. The van der Waals surface area contributed by atoms with Crippen molar-refractivity contribution in [2.24, 2.45) is 0 Å². The molecule has 2 aromatic carbocycles. The number of benzene rings is 2. The molecule has 0 saturated carbocycles. The number of aliphatic hydroxyl groups is 2. The van der Waals surface area contributed by atoms with Crippen LogP contribution in [-0.2, 0) is 51.1 Å². The van der Waals surface area contributed by atoms with Gasteiger partial charge < -0.3 is 48.1 Å². The number of hydrogen-bond acceptors (Lipinski definition) is 10. The maximum absolute atomic E-state index is 9.70. The van der Waals surface area contributed by atoms with Crippen LogP contribution in [0, 0.1) is 0 Å². The van der Waals surface area contributed by atoms with E-state index in [4.69, 9.17) is 37.9 Å². The van der Waals surface area contributed by atoms with Crippen molar-refractivity contribution in [2.75, 3.05) is 26.8 Å². The molecule has 4 rings (SSSR count). The quantitative estimate of drug-likeness (QED) is 0.132. The summed E-state index contributed by atoms with van der Waals surface area (Å²) in [6.45, 7) is 9.00. The van der Waals surface area contributed by atoms with E-state index in [1.165, 1.54) is 0 Å². The molecular formula is C37H56O10. The van der Waals surface area contributed by atoms with Gasteiger partial charge >= 0.3 is 0 Å². The second kappa shape index (κ2) is 19.3. The van der Waals surface area contributed by atoms with Gasteiger partial charge in [-0.25, -0.2) is 0 Å². The Kier molecular flexibility index (Phi) is 15.5. The van der Waals surface area contributed by atoms with Crippen LogP contribution in [0.4, 0.5) is 0 Å². The minimum atomic E-state index is -0.777. The van der Waals surface area contributed by atoms with Crippen LogP contribution in [-0.4, -0.2) is 85.2 Å². The molecule has 0 radical (unpaired) electrons. The zero-order valence-corrected chi connectivity index (χ0v) is 28.6. The van der Waals surface area contributed by atoms with E-state index in [1.807, 2.05) is 88.4 Å². The minimum absolute atomic E-state index is 0.0198. The molecule has 0 bridgehead atoms. The zero-order valence-electron chi connectivity index (χ0n) is 28.6. The molecule has 264 valence electrons. The minimum Gasteiger partial charge on any atom is -0.396 e. The van der Waals surface area contributed by atoms with Crippen LogP contribution in [0.25, 0.3) is 0 Å². The zero-order chi connectivity index (χ0) is 33.5. The molecule has 2 heterocycles. The molecule has 2 N–H and O–H groups in total. The first kappa shape index (κ1) is 37.9. The van der Waals surface area contributed by atoms with Gasteiger partial charge in [0.25, 0.3) is 0 Å².